The van der Waals surface area contributed by atoms with Crippen molar-refractivity contribution in [2.24, 2.45) is 0 Å². The smallest absolute Gasteiger partial charge is 0.125 e. The van der Waals surface area contributed by atoms with Gasteiger partial charge in [-0.2, -0.15) is 0 Å². The summed E-state index contributed by atoms with van der Waals surface area (Å²) >= 11 is 0. The summed E-state index contributed by atoms with van der Waals surface area (Å²) in [6.07, 6.45) is 6.18. The second-order valence-corrected chi connectivity index (χ2v) is 7.17. The highest BCUT2D eigenvalue weighted by molar-refractivity contribution is 5.82. The Hall–Kier alpha value is -3.25. The van der Waals surface area contributed by atoms with Crippen LogP contribution in [0, 0.1) is 0 Å². The fraction of sp³-hybridized carbons (Fsp3) is 0.227. The minimum Gasteiger partial charge on any atom is -0.507 e. The van der Waals surface area contributed by atoms with E-state index in [2.05, 4.69) is 32.2 Å². The Bertz CT molecular complexity index is 1110. The summed E-state index contributed by atoms with van der Waals surface area (Å²) in [4.78, 5) is 4.74. The molecule has 4 heterocycles. The second-order valence-electron chi connectivity index (χ2n) is 7.17. The molecule has 3 aromatic heterocycles. The Labute approximate surface area is 162 Å². The van der Waals surface area contributed by atoms with Gasteiger partial charge in [0, 0.05) is 23.4 Å². The molecule has 5 rings (SSSR count). The Balaban J connectivity index is 1.52. The van der Waals surface area contributed by atoms with Gasteiger partial charge in [0.25, 0.3) is 0 Å². The topological polar surface area (TPSA) is 75.9 Å². The quantitative estimate of drug-likeness (QED) is 0.575. The van der Waals surface area contributed by atoms with Gasteiger partial charge in [0.1, 0.15) is 11.3 Å². The standard InChI is InChI=1S/C22H21N5O/c28-22-4-2-1-3-17(22)20-13-21-19(25-26-20)9-12-27(21)16-5-6-18(24-14-16)15-7-10-23-11-8-15/h1-6,9,12-15,23,28H,7-8,10-11H2. The zero-order valence-electron chi connectivity index (χ0n) is 15.4. The molecule has 0 radical (unpaired) electrons. The zero-order chi connectivity index (χ0) is 18.9. The van der Waals surface area contributed by atoms with Crippen LogP contribution >= 0.6 is 0 Å². The number of para-hydroxylation sites is 1. The first-order valence-electron chi connectivity index (χ1n) is 9.60. The van der Waals surface area contributed by atoms with Gasteiger partial charge in [-0.15, -0.1) is 10.2 Å². The monoisotopic (exact) mass is 371 g/mol. The normalized spacial score (nSPS) is 15.1. The third-order valence-electron chi connectivity index (χ3n) is 5.43. The van der Waals surface area contributed by atoms with Gasteiger partial charge in [0.05, 0.1) is 23.1 Å². The maximum atomic E-state index is 10.1. The summed E-state index contributed by atoms with van der Waals surface area (Å²) in [5, 5.41) is 22.1. The highest BCUT2D eigenvalue weighted by atomic mass is 16.3. The van der Waals surface area contributed by atoms with Crippen molar-refractivity contribution >= 4 is 11.0 Å². The van der Waals surface area contributed by atoms with Crippen molar-refractivity contribution in [3.63, 3.8) is 0 Å². The van der Waals surface area contributed by atoms with Crippen LogP contribution in [0.2, 0.25) is 0 Å². The maximum absolute atomic E-state index is 10.1. The lowest BCUT2D eigenvalue weighted by atomic mass is 9.94. The molecule has 0 aliphatic carbocycles. The van der Waals surface area contributed by atoms with E-state index in [1.165, 1.54) is 0 Å². The van der Waals surface area contributed by atoms with Gasteiger partial charge in [-0.05, 0) is 62.3 Å². The van der Waals surface area contributed by atoms with Crippen molar-refractivity contribution in [2.75, 3.05) is 13.1 Å². The van der Waals surface area contributed by atoms with Crippen LogP contribution in [-0.2, 0) is 0 Å². The maximum Gasteiger partial charge on any atom is 0.125 e. The third kappa shape index (κ3) is 3.01. The number of nitrogens with zero attached hydrogens (tertiary/aromatic N) is 4. The SMILES string of the molecule is Oc1ccccc1-c1cc2c(ccn2-c2ccc(C3CCNCC3)nc2)nn1. The van der Waals surface area contributed by atoms with Crippen molar-refractivity contribution in [2.45, 2.75) is 18.8 Å². The first kappa shape index (κ1) is 16.9. The molecule has 0 spiro atoms. The van der Waals surface area contributed by atoms with Crippen molar-refractivity contribution in [1.82, 2.24) is 25.1 Å². The van der Waals surface area contributed by atoms with E-state index in [9.17, 15) is 5.11 Å². The van der Waals surface area contributed by atoms with E-state index in [4.69, 9.17) is 4.98 Å². The first-order chi connectivity index (χ1) is 13.8. The predicted octanol–water partition coefficient (Wildman–Crippen LogP) is 3.66. The van der Waals surface area contributed by atoms with Crippen LogP contribution in [0.1, 0.15) is 24.5 Å². The summed E-state index contributed by atoms with van der Waals surface area (Å²) < 4.78 is 2.06. The van der Waals surface area contributed by atoms with Gasteiger partial charge in [-0.3, -0.25) is 4.98 Å². The summed E-state index contributed by atoms with van der Waals surface area (Å²) in [5.41, 5.74) is 5.21. The van der Waals surface area contributed by atoms with Crippen LogP contribution in [-0.4, -0.2) is 37.9 Å². The number of rotatable bonds is 3. The molecule has 0 amide bonds. The molecule has 1 saturated heterocycles. The van der Waals surface area contributed by atoms with Crippen LogP contribution in [0.15, 0.2) is 60.9 Å². The average Bonchev–Trinajstić information content (AvgIpc) is 3.18. The zero-order valence-corrected chi connectivity index (χ0v) is 15.4. The van der Waals surface area contributed by atoms with E-state index in [1.807, 2.05) is 36.7 Å². The number of phenols is 1. The highest BCUT2D eigenvalue weighted by Crippen LogP contribution is 2.30. The van der Waals surface area contributed by atoms with Gasteiger partial charge in [0.15, 0.2) is 0 Å². The number of phenolic OH excluding ortho intramolecular Hbond substituents is 1. The number of hydrogen-bond donors (Lipinski definition) is 2. The molecule has 0 atom stereocenters. The highest BCUT2D eigenvalue weighted by Gasteiger charge is 2.17. The minimum atomic E-state index is 0.197. The Morgan fingerprint density at radius 2 is 1.86 bits per heavy atom. The minimum absolute atomic E-state index is 0.197. The molecule has 1 aliphatic heterocycles. The van der Waals surface area contributed by atoms with E-state index >= 15 is 0 Å². The molecule has 6 nitrogen and oxygen atoms in total. The lowest BCUT2D eigenvalue weighted by Gasteiger charge is -2.22. The summed E-state index contributed by atoms with van der Waals surface area (Å²) in [6, 6.07) is 15.3. The Kier molecular flexibility index (Phi) is 4.25. The Morgan fingerprint density at radius 3 is 2.64 bits per heavy atom. The van der Waals surface area contributed by atoms with Gasteiger partial charge in [-0.25, -0.2) is 0 Å². The molecule has 0 unspecified atom stereocenters. The van der Waals surface area contributed by atoms with Gasteiger partial charge in [0.2, 0.25) is 0 Å². The fourth-order valence-corrected chi connectivity index (χ4v) is 3.87. The average molecular weight is 371 g/mol. The van der Waals surface area contributed by atoms with Crippen molar-refractivity contribution in [3.8, 4) is 22.7 Å². The molecule has 1 fully saturated rings. The van der Waals surface area contributed by atoms with Crippen LogP contribution < -0.4 is 5.32 Å². The number of hydrogen-bond acceptors (Lipinski definition) is 5. The first-order valence-corrected chi connectivity index (χ1v) is 9.60. The van der Waals surface area contributed by atoms with E-state index in [0.717, 1.165) is 48.3 Å². The molecule has 4 aromatic rings. The molecular weight excluding hydrogens is 350 g/mol. The molecule has 6 heteroatoms. The number of pyridine rings is 1. The van der Waals surface area contributed by atoms with Crippen molar-refractivity contribution in [3.05, 3.63) is 66.6 Å². The number of piperidine rings is 1. The number of aromatic hydroxyl groups is 1. The van der Waals surface area contributed by atoms with E-state index in [1.54, 1.807) is 12.1 Å². The van der Waals surface area contributed by atoms with Gasteiger partial charge in [-0.1, -0.05) is 12.1 Å². The molecule has 0 bridgehead atoms. The largest absolute Gasteiger partial charge is 0.507 e. The van der Waals surface area contributed by atoms with Crippen LogP contribution in [0.3, 0.4) is 0 Å². The summed E-state index contributed by atoms with van der Waals surface area (Å²) in [6.45, 7) is 2.12. The van der Waals surface area contributed by atoms with Gasteiger partial charge >= 0.3 is 0 Å². The predicted molar refractivity (Wildman–Crippen MR) is 109 cm³/mol. The van der Waals surface area contributed by atoms with E-state index in [0.29, 0.717) is 17.2 Å². The third-order valence-corrected chi connectivity index (χ3v) is 5.43. The fourth-order valence-electron chi connectivity index (χ4n) is 3.87. The number of benzene rings is 1. The Morgan fingerprint density at radius 1 is 1.00 bits per heavy atom. The summed E-state index contributed by atoms with van der Waals surface area (Å²) in [7, 11) is 0. The van der Waals surface area contributed by atoms with Crippen molar-refractivity contribution < 1.29 is 5.11 Å². The second kappa shape index (κ2) is 7.05. The number of aromatic nitrogens is 4. The van der Waals surface area contributed by atoms with Crippen LogP contribution in [0.25, 0.3) is 28.0 Å². The van der Waals surface area contributed by atoms with Crippen molar-refractivity contribution in [1.29, 1.82) is 0 Å². The van der Waals surface area contributed by atoms with Gasteiger partial charge < -0.3 is 15.0 Å². The van der Waals surface area contributed by atoms with Crippen LogP contribution in [0.4, 0.5) is 0 Å². The number of nitrogens with one attached hydrogen (secondary N) is 1. The van der Waals surface area contributed by atoms with Crippen LogP contribution in [0.5, 0.6) is 5.75 Å². The van der Waals surface area contributed by atoms with E-state index in [-0.39, 0.29) is 5.75 Å². The molecule has 0 saturated carbocycles. The lowest BCUT2D eigenvalue weighted by molar-refractivity contribution is 0.453. The summed E-state index contributed by atoms with van der Waals surface area (Å²) in [5.74, 6) is 0.734. The molecule has 1 aromatic carbocycles. The number of fused-ring (bicyclic) bond motifs is 1. The van der Waals surface area contributed by atoms with E-state index < -0.39 is 0 Å². The molecule has 1 aliphatic rings. The lowest BCUT2D eigenvalue weighted by Crippen LogP contribution is -2.27. The molecule has 140 valence electrons. The molecule has 28 heavy (non-hydrogen) atoms. The molecule has 2 N–H and O–H groups in total. The molecular formula is C22H21N5O.